The minimum Gasteiger partial charge on any atom is -0.493 e. The molecule has 8 nitrogen and oxygen atoms in total. The molecule has 1 aliphatic rings. The maximum absolute atomic E-state index is 14.0. The molecule has 0 N–H and O–H groups in total. The van der Waals surface area contributed by atoms with Crippen LogP contribution in [0.1, 0.15) is 44.9 Å². The van der Waals surface area contributed by atoms with Gasteiger partial charge in [0.25, 0.3) is 5.56 Å². The Morgan fingerprint density at radius 1 is 1.20 bits per heavy atom. The molecule has 1 atom stereocenters. The molecule has 40 heavy (non-hydrogen) atoms. The van der Waals surface area contributed by atoms with Crippen LogP contribution in [0, 0.1) is 0 Å². The first-order chi connectivity index (χ1) is 19.2. The highest BCUT2D eigenvalue weighted by Gasteiger charge is 2.34. The summed E-state index contributed by atoms with van der Waals surface area (Å²) in [6, 6.07) is 9.76. The van der Waals surface area contributed by atoms with E-state index in [-0.39, 0.29) is 23.8 Å². The van der Waals surface area contributed by atoms with Crippen molar-refractivity contribution in [3.05, 3.63) is 96.2 Å². The molecule has 0 fully saturated rings. The number of aromatic nitrogens is 1. The zero-order chi connectivity index (χ0) is 29.0. The first-order valence-corrected chi connectivity index (χ1v) is 13.9. The number of carbonyl (C=O) groups excluding carboxylic acids is 1. The van der Waals surface area contributed by atoms with Crippen LogP contribution in [0.5, 0.6) is 17.2 Å². The average molecular weight is 583 g/mol. The van der Waals surface area contributed by atoms with Crippen LogP contribution in [0.2, 0.25) is 5.02 Å². The van der Waals surface area contributed by atoms with Gasteiger partial charge in [-0.15, -0.1) is 0 Å². The zero-order valence-corrected chi connectivity index (χ0v) is 24.6. The van der Waals surface area contributed by atoms with Gasteiger partial charge in [-0.05, 0) is 69.7 Å². The van der Waals surface area contributed by atoms with Crippen molar-refractivity contribution in [2.45, 2.75) is 39.8 Å². The molecule has 2 aromatic carbocycles. The smallest absolute Gasteiger partial charge is 0.338 e. The van der Waals surface area contributed by atoms with Gasteiger partial charge in [0.15, 0.2) is 16.3 Å². The van der Waals surface area contributed by atoms with Crippen LogP contribution >= 0.6 is 22.9 Å². The molecule has 210 valence electrons. The lowest BCUT2D eigenvalue weighted by atomic mass is 9.95. The van der Waals surface area contributed by atoms with Crippen LogP contribution in [0.15, 0.2) is 70.1 Å². The van der Waals surface area contributed by atoms with Crippen molar-refractivity contribution in [2.75, 3.05) is 20.3 Å². The van der Waals surface area contributed by atoms with E-state index in [2.05, 4.69) is 11.6 Å². The molecule has 0 saturated heterocycles. The fourth-order valence-electron chi connectivity index (χ4n) is 4.37. The van der Waals surface area contributed by atoms with Crippen molar-refractivity contribution in [3.63, 3.8) is 0 Å². The Morgan fingerprint density at radius 2 is 1.95 bits per heavy atom. The summed E-state index contributed by atoms with van der Waals surface area (Å²) in [4.78, 5) is 32.3. The lowest BCUT2D eigenvalue weighted by molar-refractivity contribution is -0.139. The van der Waals surface area contributed by atoms with Gasteiger partial charge in [0.05, 0.1) is 41.7 Å². The van der Waals surface area contributed by atoms with Crippen molar-refractivity contribution < 1.29 is 23.7 Å². The molecule has 0 aliphatic carbocycles. The van der Waals surface area contributed by atoms with Crippen molar-refractivity contribution in [2.24, 2.45) is 4.99 Å². The van der Waals surface area contributed by atoms with Crippen LogP contribution in [-0.4, -0.2) is 37.0 Å². The first-order valence-electron chi connectivity index (χ1n) is 12.8. The minimum absolute atomic E-state index is 0.0681. The summed E-state index contributed by atoms with van der Waals surface area (Å²) < 4.78 is 24.6. The van der Waals surface area contributed by atoms with Crippen LogP contribution in [0.4, 0.5) is 0 Å². The molecule has 0 saturated carbocycles. The summed E-state index contributed by atoms with van der Waals surface area (Å²) in [5.41, 5.74) is 1.71. The number of carbonyl (C=O) groups is 1. The Hall–Kier alpha value is -3.82. The van der Waals surface area contributed by atoms with Gasteiger partial charge < -0.3 is 18.9 Å². The second kappa shape index (κ2) is 12.6. The molecule has 2 heterocycles. The standard InChI is InChI=1S/C30H31ClN2O6S/c1-7-13-38-22-12-10-21(31)14-20(22)16-25-28(34)33-27(19-9-11-23(39-17(3)4)24(15-19)36-6)26(29(35)37-8-2)18(5)32-30(33)40-25/h7,9-12,14-17,27H,1,8,13H2,2-6H3/b25-16+/t27-/m1/s1. The van der Waals surface area contributed by atoms with Crippen LogP contribution in [0.25, 0.3) is 6.08 Å². The second-order valence-electron chi connectivity index (χ2n) is 9.16. The summed E-state index contributed by atoms with van der Waals surface area (Å²) in [7, 11) is 1.54. The molecular weight excluding hydrogens is 552 g/mol. The molecule has 3 aromatic rings. The highest BCUT2D eigenvalue weighted by molar-refractivity contribution is 7.07. The van der Waals surface area contributed by atoms with E-state index in [0.29, 0.717) is 55.0 Å². The Morgan fingerprint density at radius 3 is 2.62 bits per heavy atom. The van der Waals surface area contributed by atoms with E-state index in [1.165, 1.54) is 15.9 Å². The van der Waals surface area contributed by atoms with Gasteiger partial charge >= 0.3 is 5.97 Å². The number of methoxy groups -OCH3 is 1. The monoisotopic (exact) mass is 582 g/mol. The van der Waals surface area contributed by atoms with E-state index in [0.717, 1.165) is 0 Å². The molecule has 0 amide bonds. The number of benzene rings is 2. The molecule has 0 radical (unpaired) electrons. The minimum atomic E-state index is -0.796. The molecule has 0 bridgehead atoms. The fraction of sp³-hybridized carbons (Fsp3) is 0.300. The Bertz CT molecular complexity index is 1650. The maximum Gasteiger partial charge on any atom is 0.338 e. The molecule has 0 unspecified atom stereocenters. The van der Waals surface area contributed by atoms with Gasteiger partial charge in [0.2, 0.25) is 0 Å². The van der Waals surface area contributed by atoms with E-state index in [1.807, 2.05) is 19.9 Å². The quantitative estimate of drug-likeness (QED) is 0.252. The van der Waals surface area contributed by atoms with Gasteiger partial charge in [0.1, 0.15) is 12.4 Å². The Kier molecular flexibility index (Phi) is 9.17. The molecule has 0 spiro atoms. The lowest BCUT2D eigenvalue weighted by Gasteiger charge is -2.25. The van der Waals surface area contributed by atoms with Gasteiger partial charge in [-0.1, -0.05) is 41.7 Å². The average Bonchev–Trinajstić information content (AvgIpc) is 3.21. The summed E-state index contributed by atoms with van der Waals surface area (Å²) in [5.74, 6) is 1.05. The Balaban J connectivity index is 1.95. The zero-order valence-electron chi connectivity index (χ0n) is 23.0. The number of hydrogen-bond acceptors (Lipinski definition) is 8. The molecule has 1 aliphatic heterocycles. The molecule has 10 heteroatoms. The second-order valence-corrected chi connectivity index (χ2v) is 10.6. The van der Waals surface area contributed by atoms with E-state index >= 15 is 0 Å². The van der Waals surface area contributed by atoms with Gasteiger partial charge in [-0.2, -0.15) is 0 Å². The SMILES string of the molecule is C=CCOc1ccc(Cl)cc1/C=c1/sc2n(c1=O)[C@H](c1ccc(OC(C)C)c(OC)c1)C(C(=O)OCC)=C(C)N=2. The number of thiazole rings is 1. The number of fused-ring (bicyclic) bond motifs is 1. The predicted octanol–water partition coefficient (Wildman–Crippen LogP) is 4.81. The number of ether oxygens (including phenoxy) is 4. The number of allylic oxidation sites excluding steroid dienone is 1. The van der Waals surface area contributed by atoms with E-state index in [1.54, 1.807) is 63.4 Å². The van der Waals surface area contributed by atoms with Crippen LogP contribution in [-0.2, 0) is 9.53 Å². The highest BCUT2D eigenvalue weighted by Crippen LogP contribution is 2.36. The van der Waals surface area contributed by atoms with Crippen molar-refractivity contribution >= 4 is 35.0 Å². The van der Waals surface area contributed by atoms with Gasteiger partial charge in [-0.3, -0.25) is 9.36 Å². The normalized spacial score (nSPS) is 15.0. The van der Waals surface area contributed by atoms with Crippen molar-refractivity contribution in [1.29, 1.82) is 0 Å². The molecule has 4 rings (SSSR count). The maximum atomic E-state index is 14.0. The summed E-state index contributed by atoms with van der Waals surface area (Å²) >= 11 is 7.48. The first kappa shape index (κ1) is 29.2. The summed E-state index contributed by atoms with van der Waals surface area (Å²) in [5, 5.41) is 0.499. The van der Waals surface area contributed by atoms with Crippen LogP contribution in [0.3, 0.4) is 0 Å². The van der Waals surface area contributed by atoms with Gasteiger partial charge in [-0.25, -0.2) is 9.79 Å². The van der Waals surface area contributed by atoms with E-state index in [4.69, 9.17) is 30.5 Å². The van der Waals surface area contributed by atoms with Crippen molar-refractivity contribution in [1.82, 2.24) is 4.57 Å². The third-order valence-corrected chi connectivity index (χ3v) is 7.22. The number of rotatable bonds is 10. The highest BCUT2D eigenvalue weighted by atomic mass is 35.5. The van der Waals surface area contributed by atoms with Crippen molar-refractivity contribution in [3.8, 4) is 17.2 Å². The van der Waals surface area contributed by atoms with E-state index < -0.39 is 12.0 Å². The topological polar surface area (TPSA) is 88.3 Å². The number of hydrogen-bond donors (Lipinski definition) is 0. The third kappa shape index (κ3) is 6.00. The van der Waals surface area contributed by atoms with Crippen LogP contribution < -0.4 is 29.1 Å². The number of esters is 1. The number of nitrogens with zero attached hydrogens (tertiary/aromatic N) is 2. The summed E-state index contributed by atoms with van der Waals surface area (Å²) in [6.07, 6.45) is 3.29. The van der Waals surface area contributed by atoms with Gasteiger partial charge in [0, 0.05) is 10.6 Å². The largest absolute Gasteiger partial charge is 0.493 e. The Labute approximate surface area is 241 Å². The molecular formula is C30H31ClN2O6S. The summed E-state index contributed by atoms with van der Waals surface area (Å²) in [6.45, 7) is 11.5. The predicted molar refractivity (Wildman–Crippen MR) is 156 cm³/mol. The number of halogens is 1. The third-order valence-electron chi connectivity index (χ3n) is 6.00. The molecule has 1 aromatic heterocycles. The fourth-order valence-corrected chi connectivity index (χ4v) is 5.58. The lowest BCUT2D eigenvalue weighted by Crippen LogP contribution is -2.40. The van der Waals surface area contributed by atoms with E-state index in [9.17, 15) is 9.59 Å².